The van der Waals surface area contributed by atoms with Crippen molar-refractivity contribution in [3.63, 3.8) is 0 Å². The van der Waals surface area contributed by atoms with E-state index in [9.17, 15) is 8.42 Å². The van der Waals surface area contributed by atoms with Gasteiger partial charge in [-0.2, -0.15) is 0 Å². The second kappa shape index (κ2) is 5.91. The lowest BCUT2D eigenvalue weighted by Crippen LogP contribution is -2.41. The second-order valence-corrected chi connectivity index (χ2v) is 8.85. The Bertz CT molecular complexity index is 364. The van der Waals surface area contributed by atoms with Crippen LogP contribution in [0.25, 0.3) is 0 Å². The summed E-state index contributed by atoms with van der Waals surface area (Å²) in [5, 5.41) is 3.60. The fourth-order valence-electron chi connectivity index (χ4n) is 3.58. The van der Waals surface area contributed by atoms with Crippen molar-refractivity contribution in [2.45, 2.75) is 64.5 Å². The minimum absolute atomic E-state index is 0.220. The number of sulfone groups is 1. The predicted octanol–water partition coefficient (Wildman–Crippen LogP) is 2.37. The zero-order chi connectivity index (χ0) is 13.2. The van der Waals surface area contributed by atoms with Crippen LogP contribution in [0.2, 0.25) is 0 Å². The molecule has 0 spiro atoms. The molecule has 0 bridgehead atoms. The average molecular weight is 273 g/mol. The fourth-order valence-corrected chi connectivity index (χ4v) is 5.27. The Morgan fingerprint density at radius 1 is 1.17 bits per heavy atom. The third-order valence-corrected chi connectivity index (χ3v) is 6.06. The smallest absolute Gasteiger partial charge is 0.151 e. The Kier molecular flexibility index (Phi) is 4.70. The van der Waals surface area contributed by atoms with Gasteiger partial charge >= 0.3 is 0 Å². The molecule has 1 heterocycles. The molecule has 2 rings (SSSR count). The lowest BCUT2D eigenvalue weighted by molar-refractivity contribution is 0.243. The fraction of sp³-hybridized carbons (Fsp3) is 1.00. The van der Waals surface area contributed by atoms with Gasteiger partial charge in [0.15, 0.2) is 9.84 Å². The van der Waals surface area contributed by atoms with Crippen molar-refractivity contribution in [3.8, 4) is 0 Å². The number of hydrogen-bond donors (Lipinski definition) is 1. The lowest BCUT2D eigenvalue weighted by Gasteiger charge is -2.32. The molecule has 0 amide bonds. The summed E-state index contributed by atoms with van der Waals surface area (Å²) in [6.45, 7) is 4.58. The molecule has 1 aliphatic heterocycles. The lowest BCUT2D eigenvalue weighted by atomic mass is 9.81. The van der Waals surface area contributed by atoms with E-state index < -0.39 is 9.84 Å². The van der Waals surface area contributed by atoms with Crippen LogP contribution >= 0.6 is 0 Å². The summed E-state index contributed by atoms with van der Waals surface area (Å²) in [5.74, 6) is 2.36. The van der Waals surface area contributed by atoms with Crippen molar-refractivity contribution in [2.75, 3.05) is 11.5 Å². The third kappa shape index (κ3) is 4.23. The monoisotopic (exact) mass is 273 g/mol. The van der Waals surface area contributed by atoms with Gasteiger partial charge < -0.3 is 5.32 Å². The molecule has 1 saturated carbocycles. The Labute approximate surface area is 112 Å². The standard InChI is InChI=1S/C14H27NO2S/c1-11(2)8-12-4-3-5-13(9-12)15-14-6-7-18(16,17)10-14/h11-15H,3-10H2,1-2H3. The molecule has 0 aromatic carbocycles. The Morgan fingerprint density at radius 2 is 1.94 bits per heavy atom. The molecule has 1 N–H and O–H groups in total. The van der Waals surface area contributed by atoms with Crippen LogP contribution in [-0.4, -0.2) is 32.0 Å². The summed E-state index contributed by atoms with van der Waals surface area (Å²) in [6.07, 6.45) is 7.27. The molecule has 0 aromatic rings. The number of hydrogen-bond acceptors (Lipinski definition) is 3. The van der Waals surface area contributed by atoms with Crippen LogP contribution in [-0.2, 0) is 9.84 Å². The summed E-state index contributed by atoms with van der Waals surface area (Å²) in [6, 6.07) is 0.776. The molecule has 2 fully saturated rings. The van der Waals surface area contributed by atoms with Gasteiger partial charge in [-0.1, -0.05) is 26.7 Å². The van der Waals surface area contributed by atoms with Gasteiger partial charge in [0, 0.05) is 12.1 Å². The van der Waals surface area contributed by atoms with Crippen molar-refractivity contribution in [3.05, 3.63) is 0 Å². The number of nitrogens with one attached hydrogen (secondary N) is 1. The van der Waals surface area contributed by atoms with E-state index in [-0.39, 0.29) is 6.04 Å². The van der Waals surface area contributed by atoms with Gasteiger partial charge in [-0.25, -0.2) is 8.42 Å². The summed E-state index contributed by atoms with van der Waals surface area (Å²) in [4.78, 5) is 0. The second-order valence-electron chi connectivity index (χ2n) is 6.63. The van der Waals surface area contributed by atoms with Gasteiger partial charge in [-0.15, -0.1) is 0 Å². The molecule has 1 saturated heterocycles. The molecule has 0 radical (unpaired) electrons. The van der Waals surface area contributed by atoms with Crippen LogP contribution < -0.4 is 5.32 Å². The topological polar surface area (TPSA) is 46.2 Å². The van der Waals surface area contributed by atoms with E-state index in [1.54, 1.807) is 0 Å². The van der Waals surface area contributed by atoms with Gasteiger partial charge in [0.05, 0.1) is 11.5 Å². The minimum atomic E-state index is -2.74. The van der Waals surface area contributed by atoms with Crippen molar-refractivity contribution in [2.24, 2.45) is 11.8 Å². The molecule has 2 aliphatic rings. The van der Waals surface area contributed by atoms with E-state index in [2.05, 4.69) is 19.2 Å². The molecular weight excluding hydrogens is 246 g/mol. The summed E-state index contributed by atoms with van der Waals surface area (Å²) < 4.78 is 22.9. The summed E-state index contributed by atoms with van der Waals surface area (Å²) >= 11 is 0. The van der Waals surface area contributed by atoms with Crippen molar-refractivity contribution in [1.82, 2.24) is 5.32 Å². The van der Waals surface area contributed by atoms with Gasteiger partial charge in [0.25, 0.3) is 0 Å². The molecule has 3 atom stereocenters. The molecule has 0 aromatic heterocycles. The zero-order valence-corrected chi connectivity index (χ0v) is 12.5. The third-order valence-electron chi connectivity index (χ3n) is 4.29. The van der Waals surface area contributed by atoms with Crippen LogP contribution in [0.15, 0.2) is 0 Å². The van der Waals surface area contributed by atoms with E-state index >= 15 is 0 Å². The highest BCUT2D eigenvalue weighted by Crippen LogP contribution is 2.30. The zero-order valence-electron chi connectivity index (χ0n) is 11.7. The van der Waals surface area contributed by atoms with Crippen molar-refractivity contribution < 1.29 is 8.42 Å². The van der Waals surface area contributed by atoms with Crippen molar-refractivity contribution in [1.29, 1.82) is 0 Å². The van der Waals surface area contributed by atoms with E-state index in [1.807, 2.05) is 0 Å². The quantitative estimate of drug-likeness (QED) is 0.855. The molecule has 3 nitrogen and oxygen atoms in total. The Morgan fingerprint density at radius 3 is 2.56 bits per heavy atom. The van der Waals surface area contributed by atoms with Crippen LogP contribution in [0.4, 0.5) is 0 Å². The Hall–Kier alpha value is -0.0900. The highest BCUT2D eigenvalue weighted by Gasteiger charge is 2.31. The van der Waals surface area contributed by atoms with Crippen LogP contribution in [0.5, 0.6) is 0 Å². The molecule has 3 unspecified atom stereocenters. The van der Waals surface area contributed by atoms with E-state index in [1.165, 1.54) is 32.1 Å². The molecule has 4 heteroatoms. The van der Waals surface area contributed by atoms with Crippen LogP contribution in [0.3, 0.4) is 0 Å². The SMILES string of the molecule is CC(C)CC1CCCC(NC2CCS(=O)(=O)C2)C1. The highest BCUT2D eigenvalue weighted by atomic mass is 32.2. The molecule has 18 heavy (non-hydrogen) atoms. The maximum atomic E-state index is 11.5. The first-order valence-electron chi connectivity index (χ1n) is 7.41. The molecular formula is C14H27NO2S. The maximum Gasteiger partial charge on any atom is 0.151 e. The van der Waals surface area contributed by atoms with Crippen LogP contribution in [0, 0.1) is 11.8 Å². The average Bonchev–Trinajstić information content (AvgIpc) is 2.57. The normalized spacial score (nSPS) is 36.1. The predicted molar refractivity (Wildman–Crippen MR) is 75.4 cm³/mol. The van der Waals surface area contributed by atoms with Crippen LogP contribution in [0.1, 0.15) is 52.4 Å². The van der Waals surface area contributed by atoms with Crippen molar-refractivity contribution >= 4 is 9.84 Å². The van der Waals surface area contributed by atoms with Gasteiger partial charge in [-0.3, -0.25) is 0 Å². The molecule has 1 aliphatic carbocycles. The van der Waals surface area contributed by atoms with E-state index in [4.69, 9.17) is 0 Å². The first kappa shape index (κ1) is 14.3. The van der Waals surface area contributed by atoms with E-state index in [0.717, 1.165) is 18.3 Å². The maximum absolute atomic E-state index is 11.5. The van der Waals surface area contributed by atoms with Gasteiger partial charge in [0.2, 0.25) is 0 Å². The first-order chi connectivity index (χ1) is 8.44. The number of rotatable bonds is 4. The first-order valence-corrected chi connectivity index (χ1v) is 9.23. The molecule has 106 valence electrons. The Balaban J connectivity index is 1.79. The highest BCUT2D eigenvalue weighted by molar-refractivity contribution is 7.91. The van der Waals surface area contributed by atoms with Gasteiger partial charge in [-0.05, 0) is 37.5 Å². The summed E-state index contributed by atoms with van der Waals surface area (Å²) in [5.41, 5.74) is 0. The largest absolute Gasteiger partial charge is 0.310 e. The minimum Gasteiger partial charge on any atom is -0.310 e. The van der Waals surface area contributed by atoms with Gasteiger partial charge in [0.1, 0.15) is 0 Å². The van der Waals surface area contributed by atoms with E-state index in [0.29, 0.717) is 17.5 Å². The summed E-state index contributed by atoms with van der Waals surface area (Å²) in [7, 11) is -2.74.